The van der Waals surface area contributed by atoms with Gasteiger partial charge in [-0.2, -0.15) is 26.3 Å². The van der Waals surface area contributed by atoms with Crippen LogP contribution in [0.3, 0.4) is 0 Å². The number of alkyl halides is 6. The zero-order valence-electron chi connectivity index (χ0n) is 16.0. The summed E-state index contributed by atoms with van der Waals surface area (Å²) in [6, 6.07) is 8.08. The van der Waals surface area contributed by atoms with E-state index in [2.05, 4.69) is 20.3 Å². The van der Waals surface area contributed by atoms with Crippen molar-refractivity contribution in [3.63, 3.8) is 0 Å². The highest BCUT2D eigenvalue weighted by molar-refractivity contribution is 7.99. The number of amides is 1. The molecule has 2 aromatic heterocycles. The van der Waals surface area contributed by atoms with Crippen LogP contribution in [0.5, 0.6) is 0 Å². The summed E-state index contributed by atoms with van der Waals surface area (Å²) in [6.45, 7) is -0.499. The maximum Gasteiger partial charge on any atom is 0.416 e. The summed E-state index contributed by atoms with van der Waals surface area (Å²) < 4.78 is 77.5. The second kappa shape index (κ2) is 9.55. The Balaban J connectivity index is 1.63. The lowest BCUT2D eigenvalue weighted by Gasteiger charge is -2.14. The highest BCUT2D eigenvalue weighted by atomic mass is 32.2. The standard InChI is InChI=1S/C20H14F6N4OS/c21-19(22,23)13-7-12(8-14(9-13)20(24,25)26)10-29-17(31)11-32-18-28-6-4-16(30-18)15-3-1-2-5-27-15/h1-9H,10-11H2,(H,29,31). The van der Waals surface area contributed by atoms with Gasteiger partial charge in [0, 0.05) is 18.9 Å². The number of carbonyl (C=O) groups is 1. The van der Waals surface area contributed by atoms with E-state index in [4.69, 9.17) is 0 Å². The second-order valence-corrected chi connectivity index (χ2v) is 7.36. The first-order chi connectivity index (χ1) is 15.0. The molecule has 0 fully saturated rings. The monoisotopic (exact) mass is 472 g/mol. The van der Waals surface area contributed by atoms with Crippen LogP contribution in [0.4, 0.5) is 26.3 Å². The van der Waals surface area contributed by atoms with Crippen LogP contribution in [-0.2, 0) is 23.7 Å². The van der Waals surface area contributed by atoms with Gasteiger partial charge in [0.2, 0.25) is 5.91 Å². The molecule has 3 aromatic rings. The molecule has 0 bridgehead atoms. The molecule has 0 aliphatic rings. The molecule has 0 saturated carbocycles. The summed E-state index contributed by atoms with van der Waals surface area (Å²) >= 11 is 0.965. The molecule has 0 atom stereocenters. The van der Waals surface area contributed by atoms with Gasteiger partial charge in [0.05, 0.1) is 28.3 Å². The van der Waals surface area contributed by atoms with Gasteiger partial charge in [-0.25, -0.2) is 9.97 Å². The van der Waals surface area contributed by atoms with Gasteiger partial charge in [-0.05, 0) is 42.0 Å². The van der Waals surface area contributed by atoms with Crippen LogP contribution < -0.4 is 5.32 Å². The first-order valence-corrected chi connectivity index (χ1v) is 9.93. The lowest BCUT2D eigenvalue weighted by atomic mass is 10.0. The van der Waals surface area contributed by atoms with Crippen LogP contribution in [0.1, 0.15) is 16.7 Å². The Morgan fingerprint density at radius 3 is 2.16 bits per heavy atom. The Labute approximate surface area is 182 Å². The Morgan fingerprint density at radius 2 is 1.56 bits per heavy atom. The Hall–Kier alpha value is -3.15. The maximum atomic E-state index is 12.9. The van der Waals surface area contributed by atoms with E-state index in [9.17, 15) is 31.1 Å². The molecule has 12 heteroatoms. The molecule has 2 heterocycles. The SMILES string of the molecule is O=C(CSc1nccc(-c2ccccn2)n1)NCc1cc(C(F)(F)F)cc(C(F)(F)F)c1. The van der Waals surface area contributed by atoms with Crippen molar-refractivity contribution in [3.05, 3.63) is 71.5 Å². The molecule has 0 aliphatic carbocycles. The largest absolute Gasteiger partial charge is 0.416 e. The molecular weight excluding hydrogens is 458 g/mol. The first-order valence-electron chi connectivity index (χ1n) is 8.95. The molecule has 0 unspecified atom stereocenters. The third-order valence-corrected chi connectivity index (χ3v) is 4.89. The fraction of sp³-hybridized carbons (Fsp3) is 0.200. The molecule has 0 radical (unpaired) electrons. The van der Waals surface area contributed by atoms with Gasteiger partial charge in [-0.15, -0.1) is 0 Å². The lowest BCUT2D eigenvalue weighted by Crippen LogP contribution is -2.25. The first kappa shape index (κ1) is 23.5. The number of nitrogens with zero attached hydrogens (tertiary/aromatic N) is 3. The van der Waals surface area contributed by atoms with Crippen molar-refractivity contribution in [2.24, 2.45) is 0 Å². The molecule has 0 spiro atoms. The summed E-state index contributed by atoms with van der Waals surface area (Å²) in [5.74, 6) is -0.788. The second-order valence-electron chi connectivity index (χ2n) is 6.42. The molecule has 32 heavy (non-hydrogen) atoms. The highest BCUT2D eigenvalue weighted by Crippen LogP contribution is 2.36. The molecule has 1 amide bonds. The van der Waals surface area contributed by atoms with E-state index in [1.54, 1.807) is 30.5 Å². The number of pyridine rings is 1. The van der Waals surface area contributed by atoms with Crippen LogP contribution in [0, 0.1) is 0 Å². The number of aromatic nitrogens is 3. The third-order valence-electron chi connectivity index (χ3n) is 4.03. The normalized spacial score (nSPS) is 11.9. The number of rotatable bonds is 6. The molecule has 0 aliphatic heterocycles. The number of nitrogens with one attached hydrogen (secondary N) is 1. The Bertz CT molecular complexity index is 1060. The average molecular weight is 472 g/mol. The van der Waals surface area contributed by atoms with E-state index in [1.165, 1.54) is 6.20 Å². The van der Waals surface area contributed by atoms with E-state index in [0.717, 1.165) is 11.8 Å². The quantitative estimate of drug-likeness (QED) is 0.311. The molecule has 0 saturated heterocycles. The van der Waals surface area contributed by atoms with E-state index in [-0.39, 0.29) is 22.5 Å². The molecule has 168 valence electrons. The Morgan fingerprint density at radius 1 is 0.875 bits per heavy atom. The number of benzene rings is 1. The van der Waals surface area contributed by atoms with Gasteiger partial charge in [-0.3, -0.25) is 9.78 Å². The number of hydrogen-bond acceptors (Lipinski definition) is 5. The van der Waals surface area contributed by atoms with Crippen LogP contribution in [-0.4, -0.2) is 26.6 Å². The summed E-state index contributed by atoms with van der Waals surface area (Å²) in [4.78, 5) is 24.5. The van der Waals surface area contributed by atoms with Crippen molar-refractivity contribution in [3.8, 4) is 11.4 Å². The fourth-order valence-corrected chi connectivity index (χ4v) is 3.23. The van der Waals surface area contributed by atoms with E-state index in [0.29, 0.717) is 23.5 Å². The molecule has 3 rings (SSSR count). The smallest absolute Gasteiger partial charge is 0.351 e. The zero-order chi connectivity index (χ0) is 23.4. The van der Waals surface area contributed by atoms with Gasteiger partial charge >= 0.3 is 12.4 Å². The lowest BCUT2D eigenvalue weighted by molar-refractivity contribution is -0.143. The number of halogens is 6. The maximum absolute atomic E-state index is 12.9. The van der Waals surface area contributed by atoms with Crippen LogP contribution in [0.25, 0.3) is 11.4 Å². The van der Waals surface area contributed by atoms with Crippen LogP contribution >= 0.6 is 11.8 Å². The van der Waals surface area contributed by atoms with Gasteiger partial charge in [0.25, 0.3) is 0 Å². The third kappa shape index (κ3) is 6.42. The highest BCUT2D eigenvalue weighted by Gasteiger charge is 2.36. The van der Waals surface area contributed by atoms with Crippen LogP contribution in [0.2, 0.25) is 0 Å². The van der Waals surface area contributed by atoms with Crippen molar-refractivity contribution < 1.29 is 31.1 Å². The minimum absolute atomic E-state index is 0.0348. The summed E-state index contributed by atoms with van der Waals surface area (Å²) in [6.07, 6.45) is -6.83. The topological polar surface area (TPSA) is 67.8 Å². The Kier molecular flexibility index (Phi) is 7.02. The van der Waals surface area contributed by atoms with E-state index >= 15 is 0 Å². The van der Waals surface area contributed by atoms with Gasteiger partial charge in [0.1, 0.15) is 0 Å². The van der Waals surface area contributed by atoms with Crippen LogP contribution in [0.15, 0.2) is 60.0 Å². The number of carbonyl (C=O) groups excluding carboxylic acids is 1. The van der Waals surface area contributed by atoms with Gasteiger partial charge in [0.15, 0.2) is 5.16 Å². The molecule has 5 nitrogen and oxygen atoms in total. The number of thioether (sulfide) groups is 1. The van der Waals surface area contributed by atoms with Crippen molar-refractivity contribution in [1.29, 1.82) is 0 Å². The summed E-state index contributed by atoms with van der Waals surface area (Å²) in [7, 11) is 0. The van der Waals surface area contributed by atoms with Crippen molar-refractivity contribution in [2.75, 3.05) is 5.75 Å². The summed E-state index contributed by atoms with van der Waals surface area (Å²) in [5, 5.41) is 2.58. The van der Waals surface area contributed by atoms with Gasteiger partial charge < -0.3 is 5.32 Å². The zero-order valence-corrected chi connectivity index (χ0v) is 16.9. The van der Waals surface area contributed by atoms with Crippen molar-refractivity contribution in [2.45, 2.75) is 24.1 Å². The summed E-state index contributed by atoms with van der Waals surface area (Å²) in [5.41, 5.74) is -2.06. The molecular formula is C20H14F6N4OS. The molecule has 1 N–H and O–H groups in total. The molecule has 1 aromatic carbocycles. The number of hydrogen-bond donors (Lipinski definition) is 1. The van der Waals surface area contributed by atoms with E-state index < -0.39 is 35.9 Å². The van der Waals surface area contributed by atoms with Crippen molar-refractivity contribution >= 4 is 17.7 Å². The minimum atomic E-state index is -4.95. The average Bonchev–Trinajstić information content (AvgIpc) is 2.75. The fourth-order valence-electron chi connectivity index (χ4n) is 2.57. The van der Waals surface area contributed by atoms with Crippen molar-refractivity contribution in [1.82, 2.24) is 20.3 Å². The predicted molar refractivity (Wildman–Crippen MR) is 104 cm³/mol. The van der Waals surface area contributed by atoms with Gasteiger partial charge in [-0.1, -0.05) is 17.8 Å². The predicted octanol–water partition coefficient (Wildman–Crippen LogP) is 4.98. The minimum Gasteiger partial charge on any atom is -0.351 e. The van der Waals surface area contributed by atoms with E-state index in [1.807, 2.05) is 0 Å².